The zero-order chi connectivity index (χ0) is 12.5. The number of aryl methyl sites for hydroxylation is 1. The van der Waals surface area contributed by atoms with E-state index in [0.717, 1.165) is 16.3 Å². The summed E-state index contributed by atoms with van der Waals surface area (Å²) in [6, 6.07) is 16.1. The molecule has 0 N–H and O–H groups in total. The van der Waals surface area contributed by atoms with Crippen LogP contribution in [0.3, 0.4) is 0 Å². The zero-order valence-electron chi connectivity index (χ0n) is 10.0. The summed E-state index contributed by atoms with van der Waals surface area (Å²) in [7, 11) is 0. The van der Waals surface area contributed by atoms with Crippen molar-refractivity contribution in [3.05, 3.63) is 65.3 Å². The summed E-state index contributed by atoms with van der Waals surface area (Å²) in [5.41, 5.74) is 3.30. The van der Waals surface area contributed by atoms with Crippen LogP contribution in [-0.2, 0) is 0 Å². The molecule has 0 atom stereocenters. The predicted molar refractivity (Wildman–Crippen MR) is 76.9 cm³/mol. The Bertz CT molecular complexity index is 702. The quantitative estimate of drug-likeness (QED) is 0.603. The lowest BCUT2D eigenvalue weighted by atomic mass is 10.0. The summed E-state index contributed by atoms with van der Waals surface area (Å²) < 4.78 is 0. The molecule has 0 aliphatic carbocycles. The number of rotatable bonds is 1. The number of nitrogens with zero attached hydrogens (tertiary/aromatic N) is 1. The summed E-state index contributed by atoms with van der Waals surface area (Å²) >= 11 is 5.92. The molecule has 88 valence electrons. The van der Waals surface area contributed by atoms with E-state index in [1.807, 2.05) is 36.5 Å². The van der Waals surface area contributed by atoms with Gasteiger partial charge in [0.25, 0.3) is 0 Å². The Balaban J connectivity index is 2.30. The van der Waals surface area contributed by atoms with Crippen molar-refractivity contribution in [3.63, 3.8) is 0 Å². The van der Waals surface area contributed by atoms with Crippen molar-refractivity contribution >= 4 is 22.4 Å². The minimum absolute atomic E-state index is 0.746. The van der Waals surface area contributed by atoms with Gasteiger partial charge in [-0.05, 0) is 30.0 Å². The third-order valence-corrected chi connectivity index (χ3v) is 3.36. The van der Waals surface area contributed by atoms with Gasteiger partial charge < -0.3 is 0 Å². The Hall–Kier alpha value is -1.86. The summed E-state index contributed by atoms with van der Waals surface area (Å²) in [5.74, 6) is 0. The van der Waals surface area contributed by atoms with Gasteiger partial charge in [0, 0.05) is 22.2 Å². The van der Waals surface area contributed by atoms with Gasteiger partial charge in [0.1, 0.15) is 0 Å². The first kappa shape index (κ1) is 11.2. The standard InChI is InChI=1S/C16H12ClN/c1-11-10-18-16(12-6-8-13(17)9-7-12)15-5-3-2-4-14(11)15/h2-10H,1H3. The first-order chi connectivity index (χ1) is 8.75. The van der Waals surface area contributed by atoms with Crippen LogP contribution in [0.4, 0.5) is 0 Å². The van der Waals surface area contributed by atoms with Crippen LogP contribution < -0.4 is 0 Å². The molecule has 3 rings (SSSR count). The van der Waals surface area contributed by atoms with Crippen LogP contribution in [0, 0.1) is 6.92 Å². The van der Waals surface area contributed by atoms with Gasteiger partial charge in [-0.1, -0.05) is 48.0 Å². The lowest BCUT2D eigenvalue weighted by Crippen LogP contribution is -1.88. The van der Waals surface area contributed by atoms with Crippen LogP contribution >= 0.6 is 11.6 Å². The Kier molecular flexibility index (Phi) is 2.77. The van der Waals surface area contributed by atoms with Gasteiger partial charge in [-0.2, -0.15) is 0 Å². The van der Waals surface area contributed by atoms with E-state index in [0.29, 0.717) is 0 Å². The average molecular weight is 254 g/mol. The maximum atomic E-state index is 5.92. The highest BCUT2D eigenvalue weighted by atomic mass is 35.5. The molecule has 0 radical (unpaired) electrons. The minimum atomic E-state index is 0.746. The fraction of sp³-hybridized carbons (Fsp3) is 0.0625. The number of hydrogen-bond donors (Lipinski definition) is 0. The van der Waals surface area contributed by atoms with Gasteiger partial charge in [0.05, 0.1) is 5.69 Å². The first-order valence-corrected chi connectivity index (χ1v) is 6.24. The Morgan fingerprint density at radius 2 is 1.56 bits per heavy atom. The summed E-state index contributed by atoms with van der Waals surface area (Å²) in [6.07, 6.45) is 1.92. The topological polar surface area (TPSA) is 12.9 Å². The third-order valence-electron chi connectivity index (χ3n) is 3.11. The van der Waals surface area contributed by atoms with Crippen molar-refractivity contribution < 1.29 is 0 Å². The van der Waals surface area contributed by atoms with Gasteiger partial charge in [0.15, 0.2) is 0 Å². The second-order valence-corrected chi connectivity index (χ2v) is 4.78. The molecule has 1 aromatic heterocycles. The van der Waals surface area contributed by atoms with Gasteiger partial charge >= 0.3 is 0 Å². The normalized spacial score (nSPS) is 10.8. The number of hydrogen-bond acceptors (Lipinski definition) is 1. The molecule has 1 heterocycles. The highest BCUT2D eigenvalue weighted by Gasteiger charge is 2.06. The van der Waals surface area contributed by atoms with E-state index in [1.165, 1.54) is 16.3 Å². The number of pyridine rings is 1. The van der Waals surface area contributed by atoms with Gasteiger partial charge in [0.2, 0.25) is 0 Å². The second-order valence-electron chi connectivity index (χ2n) is 4.34. The molecule has 0 aliphatic rings. The molecule has 0 saturated heterocycles. The van der Waals surface area contributed by atoms with Crippen molar-refractivity contribution in [2.75, 3.05) is 0 Å². The Labute approximate surface area is 111 Å². The fourth-order valence-corrected chi connectivity index (χ4v) is 2.30. The monoisotopic (exact) mass is 253 g/mol. The van der Waals surface area contributed by atoms with Gasteiger partial charge in [-0.3, -0.25) is 4.98 Å². The van der Waals surface area contributed by atoms with Crippen molar-refractivity contribution in [2.45, 2.75) is 6.92 Å². The van der Waals surface area contributed by atoms with Crippen molar-refractivity contribution in [1.82, 2.24) is 4.98 Å². The molecular weight excluding hydrogens is 242 g/mol. The van der Waals surface area contributed by atoms with Crippen LogP contribution in [0.1, 0.15) is 5.56 Å². The molecule has 0 fully saturated rings. The Morgan fingerprint density at radius 1 is 0.889 bits per heavy atom. The van der Waals surface area contributed by atoms with Crippen LogP contribution in [0.15, 0.2) is 54.7 Å². The maximum Gasteiger partial charge on any atom is 0.0780 e. The molecule has 0 bridgehead atoms. The zero-order valence-corrected chi connectivity index (χ0v) is 10.8. The van der Waals surface area contributed by atoms with E-state index < -0.39 is 0 Å². The van der Waals surface area contributed by atoms with Gasteiger partial charge in [-0.25, -0.2) is 0 Å². The molecule has 2 aromatic carbocycles. The molecule has 3 aromatic rings. The lowest BCUT2D eigenvalue weighted by Gasteiger charge is -2.08. The van der Waals surface area contributed by atoms with E-state index in [4.69, 9.17) is 11.6 Å². The Morgan fingerprint density at radius 3 is 2.28 bits per heavy atom. The molecule has 0 amide bonds. The lowest BCUT2D eigenvalue weighted by molar-refractivity contribution is 1.31. The SMILES string of the molecule is Cc1cnc(-c2ccc(Cl)cc2)c2ccccc12. The third kappa shape index (κ3) is 1.87. The van der Waals surface area contributed by atoms with E-state index in [2.05, 4.69) is 30.1 Å². The van der Waals surface area contributed by atoms with Crippen molar-refractivity contribution in [3.8, 4) is 11.3 Å². The number of halogens is 1. The summed E-state index contributed by atoms with van der Waals surface area (Å²) in [4.78, 5) is 4.56. The molecular formula is C16H12ClN. The van der Waals surface area contributed by atoms with Crippen LogP contribution in [-0.4, -0.2) is 4.98 Å². The molecule has 0 saturated carbocycles. The average Bonchev–Trinajstić information content (AvgIpc) is 2.41. The van der Waals surface area contributed by atoms with E-state index in [1.54, 1.807) is 0 Å². The molecule has 18 heavy (non-hydrogen) atoms. The number of benzene rings is 2. The number of aromatic nitrogens is 1. The predicted octanol–water partition coefficient (Wildman–Crippen LogP) is 4.86. The van der Waals surface area contributed by atoms with Crippen molar-refractivity contribution in [1.29, 1.82) is 0 Å². The van der Waals surface area contributed by atoms with E-state index in [9.17, 15) is 0 Å². The minimum Gasteiger partial charge on any atom is -0.255 e. The molecule has 0 aliphatic heterocycles. The molecule has 0 spiro atoms. The first-order valence-electron chi connectivity index (χ1n) is 5.86. The van der Waals surface area contributed by atoms with Crippen molar-refractivity contribution in [2.24, 2.45) is 0 Å². The maximum absolute atomic E-state index is 5.92. The largest absolute Gasteiger partial charge is 0.255 e. The second kappa shape index (κ2) is 4.43. The smallest absolute Gasteiger partial charge is 0.0780 e. The van der Waals surface area contributed by atoms with Crippen LogP contribution in [0.25, 0.3) is 22.0 Å². The van der Waals surface area contributed by atoms with E-state index in [-0.39, 0.29) is 0 Å². The molecule has 1 nitrogen and oxygen atoms in total. The molecule has 0 unspecified atom stereocenters. The molecule has 2 heteroatoms. The number of fused-ring (bicyclic) bond motifs is 1. The van der Waals surface area contributed by atoms with Crippen LogP contribution in [0.5, 0.6) is 0 Å². The summed E-state index contributed by atoms with van der Waals surface area (Å²) in [5, 5.41) is 3.17. The highest BCUT2D eigenvalue weighted by molar-refractivity contribution is 6.30. The fourth-order valence-electron chi connectivity index (χ4n) is 2.17. The van der Waals surface area contributed by atoms with E-state index >= 15 is 0 Å². The van der Waals surface area contributed by atoms with Crippen LogP contribution in [0.2, 0.25) is 5.02 Å². The highest BCUT2D eigenvalue weighted by Crippen LogP contribution is 2.28. The summed E-state index contributed by atoms with van der Waals surface area (Å²) in [6.45, 7) is 2.08. The van der Waals surface area contributed by atoms with Gasteiger partial charge in [-0.15, -0.1) is 0 Å².